The van der Waals surface area contributed by atoms with Crippen LogP contribution in [0.4, 0.5) is 0 Å². The number of amidine groups is 1. The maximum Gasteiger partial charge on any atom is 0.331 e. The lowest BCUT2D eigenvalue weighted by atomic mass is 9.99. The molecule has 0 spiro atoms. The summed E-state index contributed by atoms with van der Waals surface area (Å²) in [5, 5.41) is 0. The highest BCUT2D eigenvalue weighted by atomic mass is 32.2. The Morgan fingerprint density at radius 2 is 1.78 bits per heavy atom. The van der Waals surface area contributed by atoms with Crippen LogP contribution < -0.4 is 4.72 Å². The third kappa shape index (κ3) is 4.19. The molecule has 0 radical (unpaired) electrons. The van der Waals surface area contributed by atoms with E-state index in [-0.39, 0.29) is 23.3 Å². The highest BCUT2D eigenvalue weighted by Crippen LogP contribution is 2.24. The molecule has 3 rings (SSSR count). The van der Waals surface area contributed by atoms with Crippen LogP contribution >= 0.6 is 0 Å². The van der Waals surface area contributed by atoms with Gasteiger partial charge in [-0.2, -0.15) is 0 Å². The van der Waals surface area contributed by atoms with Crippen molar-refractivity contribution in [1.82, 2.24) is 4.72 Å². The number of hydrogen-bond donors (Lipinski definition) is 1. The van der Waals surface area contributed by atoms with Gasteiger partial charge >= 0.3 is 5.97 Å². The predicted octanol–water partition coefficient (Wildman–Crippen LogP) is 2.88. The summed E-state index contributed by atoms with van der Waals surface area (Å²) in [6, 6.07) is 15.2. The molecule has 0 bridgehead atoms. The van der Waals surface area contributed by atoms with Crippen LogP contribution in [0.1, 0.15) is 31.4 Å². The van der Waals surface area contributed by atoms with Gasteiger partial charge in [0.2, 0.25) is 0 Å². The van der Waals surface area contributed by atoms with Crippen molar-refractivity contribution >= 4 is 21.8 Å². The second kappa shape index (κ2) is 7.92. The summed E-state index contributed by atoms with van der Waals surface area (Å²) in [7, 11) is -3.65. The Labute approximate surface area is 159 Å². The van der Waals surface area contributed by atoms with Crippen LogP contribution in [0.3, 0.4) is 0 Å². The van der Waals surface area contributed by atoms with Crippen molar-refractivity contribution in [3.05, 3.63) is 65.7 Å². The molecule has 7 heteroatoms. The Morgan fingerprint density at radius 1 is 1.11 bits per heavy atom. The van der Waals surface area contributed by atoms with Crippen molar-refractivity contribution in [2.45, 2.75) is 37.8 Å². The van der Waals surface area contributed by atoms with Crippen LogP contribution in [-0.2, 0) is 26.2 Å². The molecule has 0 fully saturated rings. The van der Waals surface area contributed by atoms with Gasteiger partial charge in [-0.15, -0.1) is 0 Å². The number of nitrogens with zero attached hydrogens (tertiary/aromatic N) is 1. The number of aliphatic imine (C=N–C) groups is 1. The molecule has 1 aliphatic heterocycles. The maximum atomic E-state index is 12.7. The fraction of sp³-hybridized carbons (Fsp3) is 0.300. The zero-order valence-electron chi connectivity index (χ0n) is 15.3. The van der Waals surface area contributed by atoms with Gasteiger partial charge in [0, 0.05) is 5.56 Å². The molecule has 27 heavy (non-hydrogen) atoms. The van der Waals surface area contributed by atoms with Gasteiger partial charge in [-0.25, -0.2) is 13.2 Å². The summed E-state index contributed by atoms with van der Waals surface area (Å²) >= 11 is 0. The van der Waals surface area contributed by atoms with E-state index in [0.29, 0.717) is 12.0 Å². The molecule has 0 unspecified atom stereocenters. The van der Waals surface area contributed by atoms with Crippen LogP contribution in [-0.4, -0.2) is 26.3 Å². The lowest BCUT2D eigenvalue weighted by molar-refractivity contribution is -0.147. The average Bonchev–Trinajstić information content (AvgIpc) is 2.95. The van der Waals surface area contributed by atoms with Crippen LogP contribution in [0, 0.1) is 5.92 Å². The van der Waals surface area contributed by atoms with E-state index in [1.807, 2.05) is 44.2 Å². The number of carbonyl (C=O) groups is 1. The second-order valence-electron chi connectivity index (χ2n) is 6.50. The van der Waals surface area contributed by atoms with Gasteiger partial charge in [0.1, 0.15) is 12.4 Å². The molecule has 1 aliphatic rings. The number of nitrogens with one attached hydrogen (secondary N) is 1. The van der Waals surface area contributed by atoms with E-state index < -0.39 is 22.0 Å². The quantitative estimate of drug-likeness (QED) is 0.774. The first kappa shape index (κ1) is 19.1. The molecule has 0 saturated heterocycles. The molecule has 1 N–H and O–H groups in total. The molecule has 0 amide bonds. The van der Waals surface area contributed by atoms with E-state index in [4.69, 9.17) is 4.74 Å². The fourth-order valence-corrected chi connectivity index (χ4v) is 4.06. The average molecular weight is 386 g/mol. The van der Waals surface area contributed by atoms with Crippen molar-refractivity contribution in [1.29, 1.82) is 0 Å². The summed E-state index contributed by atoms with van der Waals surface area (Å²) in [6.45, 7) is 4.00. The van der Waals surface area contributed by atoms with Crippen molar-refractivity contribution < 1.29 is 17.9 Å². The van der Waals surface area contributed by atoms with Gasteiger partial charge in [-0.1, -0.05) is 62.7 Å². The number of carbonyl (C=O) groups excluding carboxylic acids is 1. The Kier molecular flexibility index (Phi) is 5.60. The van der Waals surface area contributed by atoms with Crippen molar-refractivity contribution in [3.63, 3.8) is 0 Å². The third-order valence-electron chi connectivity index (χ3n) is 4.58. The summed E-state index contributed by atoms with van der Waals surface area (Å²) in [6.07, 6.45) is 0.705. The van der Waals surface area contributed by atoms with E-state index in [1.165, 1.54) is 6.07 Å². The summed E-state index contributed by atoms with van der Waals surface area (Å²) in [5.41, 5.74) is 1.36. The van der Waals surface area contributed by atoms with Crippen LogP contribution in [0.5, 0.6) is 0 Å². The Hall–Kier alpha value is -2.67. The lowest BCUT2D eigenvalue weighted by Crippen LogP contribution is -2.32. The Morgan fingerprint density at radius 3 is 2.48 bits per heavy atom. The fourth-order valence-electron chi connectivity index (χ4n) is 2.82. The topological polar surface area (TPSA) is 84.8 Å². The molecule has 6 nitrogen and oxygen atoms in total. The zero-order chi connectivity index (χ0) is 19.4. The smallest absolute Gasteiger partial charge is 0.331 e. The number of esters is 1. The third-order valence-corrected chi connectivity index (χ3v) is 5.98. The molecule has 1 heterocycles. The van der Waals surface area contributed by atoms with Crippen molar-refractivity contribution in [2.24, 2.45) is 10.9 Å². The van der Waals surface area contributed by atoms with Crippen molar-refractivity contribution in [3.8, 4) is 0 Å². The van der Waals surface area contributed by atoms with E-state index in [2.05, 4.69) is 9.71 Å². The van der Waals surface area contributed by atoms with Gasteiger partial charge in [0.15, 0.2) is 6.04 Å². The zero-order valence-corrected chi connectivity index (χ0v) is 16.1. The standard InChI is InChI=1S/C20H22N2O4S/c1-3-14(2)18(20(23)26-13-15-9-5-4-6-10-15)21-19-16-11-7-8-12-17(16)27(24,25)22-19/h4-12,14,18H,3,13H2,1-2H3,(H,21,22)/t14-,18-/m0/s1. The number of sulfonamides is 1. The van der Waals surface area contributed by atoms with E-state index >= 15 is 0 Å². The molecule has 142 valence electrons. The monoisotopic (exact) mass is 386 g/mol. The molecule has 0 aliphatic carbocycles. The van der Waals surface area contributed by atoms with Gasteiger partial charge in [0.05, 0.1) is 4.90 Å². The summed E-state index contributed by atoms with van der Waals surface area (Å²) < 4.78 is 32.4. The van der Waals surface area contributed by atoms with Gasteiger partial charge in [-0.3, -0.25) is 9.71 Å². The number of hydrogen-bond acceptors (Lipinski definition) is 5. The number of benzene rings is 2. The molecular weight excluding hydrogens is 364 g/mol. The highest BCUT2D eigenvalue weighted by molar-refractivity contribution is 7.90. The van der Waals surface area contributed by atoms with Crippen molar-refractivity contribution in [2.75, 3.05) is 0 Å². The minimum absolute atomic E-state index is 0.0990. The SMILES string of the molecule is CC[C@H](C)[C@H](N=C1NS(=O)(=O)c2ccccc21)C(=O)OCc1ccccc1. The van der Waals surface area contributed by atoms with E-state index in [9.17, 15) is 13.2 Å². The predicted molar refractivity (Wildman–Crippen MR) is 103 cm³/mol. The molecule has 0 aromatic heterocycles. The minimum atomic E-state index is -3.65. The molecular formula is C20H22N2O4S. The first-order valence-electron chi connectivity index (χ1n) is 8.83. The summed E-state index contributed by atoms with van der Waals surface area (Å²) in [4.78, 5) is 17.3. The first-order chi connectivity index (χ1) is 12.9. The molecule has 2 aromatic rings. The van der Waals surface area contributed by atoms with Crippen LogP contribution in [0.15, 0.2) is 64.5 Å². The maximum absolute atomic E-state index is 12.7. The molecule has 0 saturated carbocycles. The number of ether oxygens (including phenoxy) is 1. The number of fused-ring (bicyclic) bond motifs is 1. The summed E-state index contributed by atoms with van der Waals surface area (Å²) in [5.74, 6) is -0.380. The van der Waals surface area contributed by atoms with Crippen LogP contribution in [0.2, 0.25) is 0 Å². The van der Waals surface area contributed by atoms with Gasteiger partial charge in [-0.05, 0) is 23.6 Å². The molecule has 2 atom stereocenters. The highest BCUT2D eigenvalue weighted by Gasteiger charge is 2.33. The second-order valence-corrected chi connectivity index (χ2v) is 8.15. The number of rotatable bonds is 6. The largest absolute Gasteiger partial charge is 0.459 e. The lowest BCUT2D eigenvalue weighted by Gasteiger charge is -2.18. The Bertz CT molecular complexity index is 955. The normalized spacial score (nSPS) is 18.4. The minimum Gasteiger partial charge on any atom is -0.459 e. The van der Waals surface area contributed by atoms with E-state index in [0.717, 1.165) is 5.56 Å². The Balaban J connectivity index is 1.86. The molecule has 2 aromatic carbocycles. The van der Waals surface area contributed by atoms with Gasteiger partial charge < -0.3 is 4.74 Å². The van der Waals surface area contributed by atoms with Crippen LogP contribution in [0.25, 0.3) is 0 Å². The van der Waals surface area contributed by atoms with E-state index in [1.54, 1.807) is 18.2 Å². The first-order valence-corrected chi connectivity index (χ1v) is 10.3. The van der Waals surface area contributed by atoms with Gasteiger partial charge in [0.25, 0.3) is 10.0 Å².